The highest BCUT2D eigenvalue weighted by molar-refractivity contribution is 5.20. The number of aliphatic hydroxyl groups excluding tert-OH is 1. The Hall–Kier alpha value is -0.790. The Kier molecular flexibility index (Phi) is 6.44. The fraction of sp³-hybridized carbons (Fsp3) is 0.870. The van der Waals surface area contributed by atoms with E-state index in [2.05, 4.69) is 13.8 Å². The highest BCUT2D eigenvalue weighted by Gasteiger charge is 2.65. The largest absolute Gasteiger partial charge is 0.512 e. The number of allylic oxidation sites excluding steroid dienone is 2. The van der Waals surface area contributed by atoms with Crippen LogP contribution in [0.5, 0.6) is 0 Å². The molecule has 144 valence electrons. The van der Waals surface area contributed by atoms with Crippen molar-refractivity contribution < 1.29 is 9.90 Å². The Morgan fingerprint density at radius 2 is 1.72 bits per heavy atom. The zero-order chi connectivity index (χ0) is 18.8. The van der Waals surface area contributed by atoms with Crippen LogP contribution in [0.1, 0.15) is 86.0 Å². The molecule has 0 aromatic heterocycles. The van der Waals surface area contributed by atoms with Crippen molar-refractivity contribution in [3.8, 4) is 0 Å². The lowest BCUT2D eigenvalue weighted by Crippen LogP contribution is -2.46. The van der Waals surface area contributed by atoms with E-state index in [1.807, 2.05) is 33.6 Å². The summed E-state index contributed by atoms with van der Waals surface area (Å²) < 4.78 is 0. The maximum absolute atomic E-state index is 10.2. The summed E-state index contributed by atoms with van der Waals surface area (Å²) in [6, 6.07) is 0. The molecule has 2 nitrogen and oxygen atoms in total. The van der Waals surface area contributed by atoms with Gasteiger partial charge in [0.15, 0.2) is 0 Å². The summed E-state index contributed by atoms with van der Waals surface area (Å²) in [5, 5.41) is 10.2. The van der Waals surface area contributed by atoms with E-state index in [9.17, 15) is 5.11 Å². The highest BCUT2D eigenvalue weighted by atomic mass is 16.3. The van der Waals surface area contributed by atoms with Crippen molar-refractivity contribution in [2.75, 3.05) is 0 Å². The lowest BCUT2D eigenvalue weighted by atomic mass is 9.52. The first kappa shape index (κ1) is 20.5. The van der Waals surface area contributed by atoms with Gasteiger partial charge in [0.25, 0.3) is 0 Å². The minimum Gasteiger partial charge on any atom is -0.512 e. The number of hydrogen-bond acceptors (Lipinski definition) is 2. The molecule has 1 N–H and O–H groups in total. The van der Waals surface area contributed by atoms with Crippen molar-refractivity contribution in [3.63, 3.8) is 0 Å². The van der Waals surface area contributed by atoms with Crippen LogP contribution in [-0.2, 0) is 4.79 Å². The summed E-state index contributed by atoms with van der Waals surface area (Å²) in [6.07, 6.45) is 13.4. The maximum atomic E-state index is 10.2. The van der Waals surface area contributed by atoms with Gasteiger partial charge in [0.2, 0.25) is 0 Å². The Bertz CT molecular complexity index is 484. The Balaban J connectivity index is 0.000000528. The van der Waals surface area contributed by atoms with Gasteiger partial charge in [0.1, 0.15) is 6.79 Å². The lowest BCUT2D eigenvalue weighted by Gasteiger charge is -2.53. The van der Waals surface area contributed by atoms with Crippen molar-refractivity contribution in [1.29, 1.82) is 0 Å². The molecule has 0 aromatic carbocycles. The van der Waals surface area contributed by atoms with Gasteiger partial charge in [-0.3, -0.25) is 0 Å². The number of carbonyl (C=O) groups is 1. The molecule has 0 bridgehead atoms. The molecule has 0 aliphatic heterocycles. The Morgan fingerprint density at radius 3 is 2.36 bits per heavy atom. The molecule has 1 spiro atoms. The second-order valence-electron chi connectivity index (χ2n) is 9.05. The van der Waals surface area contributed by atoms with Gasteiger partial charge in [-0.15, -0.1) is 0 Å². The van der Waals surface area contributed by atoms with Crippen molar-refractivity contribution in [2.45, 2.75) is 86.0 Å². The SMILES string of the molecule is C/C=C(/O)C1CC12CCC1C(CC[C@]3(C)CCCC13)C2C.C=O.CC. The third-order valence-corrected chi connectivity index (χ3v) is 8.54. The van der Waals surface area contributed by atoms with Gasteiger partial charge >= 0.3 is 0 Å². The zero-order valence-electron chi connectivity index (χ0n) is 17.2. The van der Waals surface area contributed by atoms with E-state index in [1.54, 1.807) is 0 Å². The van der Waals surface area contributed by atoms with Crippen molar-refractivity contribution in [3.05, 3.63) is 11.8 Å². The molecule has 0 radical (unpaired) electrons. The predicted octanol–water partition coefficient (Wildman–Crippen LogP) is 6.56. The molecule has 4 saturated carbocycles. The van der Waals surface area contributed by atoms with Gasteiger partial charge in [-0.1, -0.05) is 34.1 Å². The average Bonchev–Trinajstić information content (AvgIpc) is 3.24. The lowest BCUT2D eigenvalue weighted by molar-refractivity contribution is -0.0979. The van der Waals surface area contributed by atoms with E-state index in [4.69, 9.17) is 4.79 Å². The molecule has 4 rings (SSSR count). The van der Waals surface area contributed by atoms with Crippen LogP contribution < -0.4 is 0 Å². The summed E-state index contributed by atoms with van der Waals surface area (Å²) in [5.74, 6) is 4.97. The van der Waals surface area contributed by atoms with Crippen LogP contribution in [0.3, 0.4) is 0 Å². The van der Waals surface area contributed by atoms with Gasteiger partial charge in [-0.25, -0.2) is 0 Å². The average molecular weight is 349 g/mol. The molecule has 0 amide bonds. The van der Waals surface area contributed by atoms with Crippen LogP contribution in [0.15, 0.2) is 11.8 Å². The minimum absolute atomic E-state index is 0.476. The molecule has 4 aliphatic rings. The number of hydrogen-bond donors (Lipinski definition) is 1. The fourth-order valence-electron chi connectivity index (χ4n) is 7.14. The summed E-state index contributed by atoms with van der Waals surface area (Å²) in [7, 11) is 0. The smallest absolute Gasteiger partial charge is 0.106 e. The van der Waals surface area contributed by atoms with E-state index < -0.39 is 0 Å². The Labute approximate surface area is 155 Å². The molecule has 0 saturated heterocycles. The van der Waals surface area contributed by atoms with E-state index >= 15 is 0 Å². The van der Waals surface area contributed by atoms with Crippen molar-refractivity contribution in [1.82, 2.24) is 0 Å². The van der Waals surface area contributed by atoms with Gasteiger partial charge < -0.3 is 9.90 Å². The van der Waals surface area contributed by atoms with Gasteiger partial charge in [-0.05, 0) is 92.4 Å². The third-order valence-electron chi connectivity index (χ3n) is 8.54. The van der Waals surface area contributed by atoms with E-state index in [-0.39, 0.29) is 0 Å². The van der Waals surface area contributed by atoms with Crippen LogP contribution in [-0.4, -0.2) is 11.9 Å². The van der Waals surface area contributed by atoms with Gasteiger partial charge in [0.05, 0.1) is 5.76 Å². The molecule has 7 atom stereocenters. The van der Waals surface area contributed by atoms with E-state index in [0.29, 0.717) is 22.5 Å². The fourth-order valence-corrected chi connectivity index (χ4v) is 7.14. The second-order valence-corrected chi connectivity index (χ2v) is 9.05. The Morgan fingerprint density at radius 1 is 1.08 bits per heavy atom. The maximum Gasteiger partial charge on any atom is 0.106 e. The molecule has 0 heterocycles. The molecule has 25 heavy (non-hydrogen) atoms. The monoisotopic (exact) mass is 348 g/mol. The molecule has 0 aromatic rings. The number of fused-ring (bicyclic) bond motifs is 3. The van der Waals surface area contributed by atoms with Gasteiger partial charge in [0, 0.05) is 5.92 Å². The second kappa shape index (κ2) is 7.84. The highest BCUT2D eigenvalue weighted by Crippen LogP contribution is 2.72. The number of carbonyl (C=O) groups excluding carboxylic acids is 1. The van der Waals surface area contributed by atoms with E-state index in [0.717, 1.165) is 23.7 Å². The first-order chi connectivity index (χ1) is 12.0. The molecule has 6 unspecified atom stereocenters. The number of rotatable bonds is 1. The summed E-state index contributed by atoms with van der Waals surface area (Å²) >= 11 is 0. The molecule has 2 heteroatoms. The van der Waals surface area contributed by atoms with E-state index in [1.165, 1.54) is 51.4 Å². The zero-order valence-corrected chi connectivity index (χ0v) is 17.2. The minimum atomic E-state index is 0.476. The topological polar surface area (TPSA) is 37.3 Å². The van der Waals surface area contributed by atoms with Crippen LogP contribution in [0.2, 0.25) is 0 Å². The molecular formula is C23H40O2. The summed E-state index contributed by atoms with van der Waals surface area (Å²) in [6.45, 7) is 13.1. The first-order valence-electron chi connectivity index (χ1n) is 10.7. The quantitative estimate of drug-likeness (QED) is 0.545. The van der Waals surface area contributed by atoms with Crippen molar-refractivity contribution >= 4 is 6.79 Å². The third kappa shape index (κ3) is 3.19. The van der Waals surface area contributed by atoms with Crippen LogP contribution in [0.25, 0.3) is 0 Å². The van der Waals surface area contributed by atoms with Crippen LogP contribution in [0.4, 0.5) is 0 Å². The first-order valence-corrected chi connectivity index (χ1v) is 10.7. The standard InChI is InChI=1S/C20H32O.C2H6.CH2O/c1-4-18(21)17-12-20(17)11-8-15-14(13(20)2)7-10-19(3)9-5-6-16(15)19;2*1-2/h4,13-17,21H,5-12H2,1-3H3;1-2H3;1H2/b18-4+;;/t13?,14?,15?,16?,17?,19-,20?;;/m0../s1. The molecule has 4 fully saturated rings. The number of aliphatic hydroxyl groups is 1. The van der Waals surface area contributed by atoms with Crippen LogP contribution >= 0.6 is 0 Å². The normalized spacial score (nSPS) is 47.6. The van der Waals surface area contributed by atoms with Crippen molar-refractivity contribution in [2.24, 2.45) is 40.4 Å². The van der Waals surface area contributed by atoms with Crippen LogP contribution in [0, 0.1) is 40.4 Å². The van der Waals surface area contributed by atoms with Gasteiger partial charge in [-0.2, -0.15) is 0 Å². The molecule has 4 aliphatic carbocycles. The molecular weight excluding hydrogens is 308 g/mol. The summed E-state index contributed by atoms with van der Waals surface area (Å²) in [5.41, 5.74) is 1.16. The predicted molar refractivity (Wildman–Crippen MR) is 105 cm³/mol. The summed E-state index contributed by atoms with van der Waals surface area (Å²) in [4.78, 5) is 8.00.